The molecule has 44 valence electrons. The van der Waals surface area contributed by atoms with Gasteiger partial charge in [-0.15, -0.1) is 4.91 Å². The smallest absolute Gasteiger partial charge is 0.344 e. The molecule has 1 unspecified atom stereocenters. The van der Waals surface area contributed by atoms with Crippen molar-refractivity contribution in [3.8, 4) is 0 Å². The Morgan fingerprint density at radius 1 is 1.71 bits per heavy atom. The van der Waals surface area contributed by atoms with E-state index >= 15 is 0 Å². The molecule has 0 aliphatic rings. The largest absolute Gasteiger partial charge is 0.381 e. The van der Waals surface area contributed by atoms with Gasteiger partial charge in [0, 0.05) is 0 Å². The van der Waals surface area contributed by atoms with E-state index in [0.29, 0.717) is 0 Å². The predicted molar refractivity (Wildman–Crippen MR) is 22.7 cm³/mol. The van der Waals surface area contributed by atoms with Gasteiger partial charge in [-0.1, -0.05) is 0 Å². The molecule has 0 heterocycles. The van der Waals surface area contributed by atoms with Crippen LogP contribution < -0.4 is 6.15 Å². The third kappa shape index (κ3) is 10.8. The predicted octanol–water partition coefficient (Wildman–Crippen LogP) is -0.0169. The second-order valence-electron chi connectivity index (χ2n) is 0.366. The molecule has 0 rings (SSSR count). The maximum Gasteiger partial charge on any atom is 0.381 e. The lowest BCUT2D eigenvalue weighted by molar-refractivity contribution is 0.320. The second kappa shape index (κ2) is 5.47. The maximum atomic E-state index is 9.19. The highest BCUT2D eigenvalue weighted by molar-refractivity contribution is 7.74. The SMILES string of the molecule is N.O=NOS(=O)O. The Kier molecular flexibility index (Phi) is 7.57. The molecule has 0 saturated carbocycles. The van der Waals surface area contributed by atoms with E-state index in [2.05, 4.69) is 4.28 Å². The molecule has 0 aliphatic carbocycles. The van der Waals surface area contributed by atoms with E-state index in [4.69, 9.17) is 9.46 Å². The molecule has 0 aromatic carbocycles. The van der Waals surface area contributed by atoms with Gasteiger partial charge in [0.1, 0.15) is 0 Å². The summed E-state index contributed by atoms with van der Waals surface area (Å²) in [6.45, 7) is 0. The summed E-state index contributed by atoms with van der Waals surface area (Å²) in [5.74, 6) is 0. The lowest BCUT2D eigenvalue weighted by atomic mass is 13.4. The van der Waals surface area contributed by atoms with Gasteiger partial charge in [0.15, 0.2) is 5.34 Å². The number of nitrogens with zero attached hydrogens (tertiary/aromatic N) is 1. The van der Waals surface area contributed by atoms with E-state index < -0.39 is 11.4 Å². The number of rotatable bonds is 2. The van der Waals surface area contributed by atoms with Crippen molar-refractivity contribution in [3.05, 3.63) is 4.91 Å². The summed E-state index contributed by atoms with van der Waals surface area (Å²) in [4.78, 5) is 8.79. The van der Waals surface area contributed by atoms with E-state index in [9.17, 15) is 4.21 Å². The van der Waals surface area contributed by atoms with Gasteiger partial charge in [0.05, 0.1) is 0 Å². The van der Waals surface area contributed by atoms with E-state index in [-0.39, 0.29) is 6.15 Å². The standard InChI is InChI=1S/HNO4S.H3N/c2-1-5-6(3)4;/h(H,3,4);1H3. The highest BCUT2D eigenvalue weighted by atomic mass is 32.2. The van der Waals surface area contributed by atoms with Crippen molar-refractivity contribution in [3.63, 3.8) is 0 Å². The lowest BCUT2D eigenvalue weighted by Crippen LogP contribution is -1.83. The van der Waals surface area contributed by atoms with Crippen molar-refractivity contribution < 1.29 is 13.0 Å². The number of hydrogen-bond donors (Lipinski definition) is 2. The summed E-state index contributed by atoms with van der Waals surface area (Å²) < 4.78 is 19.8. The molecule has 0 aromatic heterocycles. The molecule has 0 saturated heterocycles. The molecule has 7 heteroatoms. The van der Waals surface area contributed by atoms with Gasteiger partial charge in [-0.3, -0.25) is 4.55 Å². The summed E-state index contributed by atoms with van der Waals surface area (Å²) in [5, 5.41) is 1.64. The van der Waals surface area contributed by atoms with E-state index in [1.165, 1.54) is 0 Å². The van der Waals surface area contributed by atoms with Gasteiger partial charge < -0.3 is 6.15 Å². The third-order valence-corrected chi connectivity index (χ3v) is 0.283. The van der Waals surface area contributed by atoms with Gasteiger partial charge in [0.2, 0.25) is 0 Å². The minimum absolute atomic E-state index is 0. The van der Waals surface area contributed by atoms with Crippen LogP contribution in [-0.4, -0.2) is 8.76 Å². The van der Waals surface area contributed by atoms with Crippen LogP contribution in [-0.2, 0) is 15.6 Å². The van der Waals surface area contributed by atoms with Crippen LogP contribution in [0.3, 0.4) is 0 Å². The molecule has 0 amide bonds. The molecule has 4 N–H and O–H groups in total. The summed E-state index contributed by atoms with van der Waals surface area (Å²) in [6.07, 6.45) is 0. The van der Waals surface area contributed by atoms with E-state index in [1.54, 1.807) is 5.34 Å². The third-order valence-electron chi connectivity index (χ3n) is 0.0942. The summed E-state index contributed by atoms with van der Waals surface area (Å²) in [7, 11) is 0. The quantitative estimate of drug-likeness (QED) is 0.308. The molecule has 0 aromatic rings. The first-order valence-electron chi connectivity index (χ1n) is 0.881. The minimum atomic E-state index is -2.54. The average Bonchev–Trinajstić information content (AvgIpc) is 1.35. The van der Waals surface area contributed by atoms with Gasteiger partial charge >= 0.3 is 11.4 Å². The molecule has 0 bridgehead atoms. The Hall–Kier alpha value is -0.530. The lowest BCUT2D eigenvalue weighted by Gasteiger charge is -1.74. The van der Waals surface area contributed by atoms with Crippen LogP contribution >= 0.6 is 0 Å². The molecule has 0 spiro atoms. The van der Waals surface area contributed by atoms with Crippen LogP contribution in [0.2, 0.25) is 0 Å². The fourth-order valence-electron chi connectivity index (χ4n) is 0.0260. The van der Waals surface area contributed by atoms with Crippen molar-refractivity contribution in [2.24, 2.45) is 5.34 Å². The summed E-state index contributed by atoms with van der Waals surface area (Å²) in [6, 6.07) is 0. The van der Waals surface area contributed by atoms with Crippen LogP contribution in [0, 0.1) is 4.91 Å². The Morgan fingerprint density at radius 3 is 2.14 bits per heavy atom. The van der Waals surface area contributed by atoms with E-state index in [1.807, 2.05) is 0 Å². The van der Waals surface area contributed by atoms with Gasteiger partial charge in [-0.2, -0.15) is 4.21 Å². The molecule has 6 nitrogen and oxygen atoms in total. The molecule has 0 fully saturated rings. The molecular formula is H4N2O4S. The fraction of sp³-hybridized carbons (Fsp3) is 0. The first-order chi connectivity index (χ1) is 2.77. The Bertz CT molecular complexity index is 70.1. The fourth-order valence-corrected chi connectivity index (χ4v) is 0.0781. The highest BCUT2D eigenvalue weighted by Gasteiger charge is 1.84. The van der Waals surface area contributed by atoms with Crippen molar-refractivity contribution in [1.82, 2.24) is 6.15 Å². The van der Waals surface area contributed by atoms with Crippen molar-refractivity contribution in [2.45, 2.75) is 0 Å². The Labute approximate surface area is 41.9 Å². The highest BCUT2D eigenvalue weighted by Crippen LogP contribution is 1.73. The monoisotopic (exact) mass is 128 g/mol. The first-order valence-corrected chi connectivity index (χ1v) is 1.91. The van der Waals surface area contributed by atoms with Crippen LogP contribution in [0.25, 0.3) is 0 Å². The summed E-state index contributed by atoms with van der Waals surface area (Å²) in [5.41, 5.74) is 0. The van der Waals surface area contributed by atoms with Crippen LogP contribution in [0.15, 0.2) is 5.34 Å². The van der Waals surface area contributed by atoms with Crippen LogP contribution in [0.5, 0.6) is 0 Å². The molecular weight excluding hydrogens is 124 g/mol. The molecule has 1 atom stereocenters. The zero-order chi connectivity index (χ0) is 4.99. The zero-order valence-electron chi connectivity index (χ0n) is 3.23. The Balaban J connectivity index is 0. The van der Waals surface area contributed by atoms with Crippen LogP contribution in [0.1, 0.15) is 0 Å². The topological polar surface area (TPSA) is 111 Å². The zero-order valence-corrected chi connectivity index (χ0v) is 4.05. The van der Waals surface area contributed by atoms with Gasteiger partial charge in [-0.05, 0) is 0 Å². The molecule has 0 radical (unpaired) electrons. The normalized spacial score (nSPS) is 11.0. The molecule has 0 aliphatic heterocycles. The number of hydrogen-bond acceptors (Lipinski definition) is 5. The Morgan fingerprint density at radius 2 is 2.14 bits per heavy atom. The summed E-state index contributed by atoms with van der Waals surface area (Å²) >= 11 is -2.54. The van der Waals surface area contributed by atoms with Crippen LogP contribution in [0.4, 0.5) is 0 Å². The maximum absolute atomic E-state index is 9.19. The minimum Gasteiger partial charge on any atom is -0.344 e. The van der Waals surface area contributed by atoms with Gasteiger partial charge in [-0.25, -0.2) is 4.28 Å². The first kappa shape index (κ1) is 9.69. The van der Waals surface area contributed by atoms with Gasteiger partial charge in [0.25, 0.3) is 0 Å². The average molecular weight is 128 g/mol. The van der Waals surface area contributed by atoms with Crippen molar-refractivity contribution >= 4 is 11.4 Å². The van der Waals surface area contributed by atoms with Crippen molar-refractivity contribution in [2.75, 3.05) is 0 Å². The van der Waals surface area contributed by atoms with E-state index in [0.717, 1.165) is 0 Å². The van der Waals surface area contributed by atoms with Crippen molar-refractivity contribution in [1.29, 1.82) is 0 Å². The molecule has 7 heavy (non-hydrogen) atoms. The second-order valence-corrected chi connectivity index (χ2v) is 0.949.